The third kappa shape index (κ3) is 2.00. The Bertz CT molecular complexity index is 585. The Labute approximate surface area is 105 Å². The average molecular weight is 245 g/mol. The summed E-state index contributed by atoms with van der Waals surface area (Å²) in [6.45, 7) is 4.31. The average Bonchev–Trinajstić information content (AvgIpc) is 2.64. The first kappa shape index (κ1) is 12.3. The molecule has 3 N–H and O–H groups in total. The summed E-state index contributed by atoms with van der Waals surface area (Å²) >= 11 is 0. The molecule has 0 saturated heterocycles. The molecule has 1 heterocycles. The van der Waals surface area contributed by atoms with Crippen molar-refractivity contribution in [3.63, 3.8) is 0 Å². The Morgan fingerprint density at radius 2 is 1.94 bits per heavy atom. The van der Waals surface area contributed by atoms with E-state index in [9.17, 15) is 4.79 Å². The van der Waals surface area contributed by atoms with E-state index in [1.807, 2.05) is 13.8 Å². The SMILES string of the molecule is Cc1nn(-c2ccc(C(=O)O)cc2)c(C)c1CN. The van der Waals surface area contributed by atoms with Crippen LogP contribution in [0.15, 0.2) is 24.3 Å². The highest BCUT2D eigenvalue weighted by molar-refractivity contribution is 5.87. The summed E-state index contributed by atoms with van der Waals surface area (Å²) in [5, 5.41) is 13.3. The van der Waals surface area contributed by atoms with Gasteiger partial charge in [-0.3, -0.25) is 0 Å². The maximum atomic E-state index is 10.8. The summed E-state index contributed by atoms with van der Waals surface area (Å²) in [7, 11) is 0. The second-order valence-corrected chi connectivity index (χ2v) is 4.12. The number of benzene rings is 1. The van der Waals surface area contributed by atoms with Crippen LogP contribution in [0.1, 0.15) is 27.3 Å². The van der Waals surface area contributed by atoms with Gasteiger partial charge in [0.15, 0.2) is 0 Å². The predicted octanol–water partition coefficient (Wildman–Crippen LogP) is 1.65. The van der Waals surface area contributed by atoms with Gasteiger partial charge in [0.2, 0.25) is 0 Å². The van der Waals surface area contributed by atoms with Crippen molar-refractivity contribution in [2.75, 3.05) is 0 Å². The van der Waals surface area contributed by atoms with E-state index in [1.165, 1.54) is 0 Å². The van der Waals surface area contributed by atoms with E-state index in [4.69, 9.17) is 10.8 Å². The van der Waals surface area contributed by atoms with Crippen molar-refractivity contribution >= 4 is 5.97 Å². The van der Waals surface area contributed by atoms with E-state index in [0.717, 1.165) is 22.6 Å². The van der Waals surface area contributed by atoms with Gasteiger partial charge in [-0.25, -0.2) is 9.48 Å². The molecule has 0 aliphatic heterocycles. The van der Waals surface area contributed by atoms with Crippen LogP contribution < -0.4 is 5.73 Å². The first-order valence-corrected chi connectivity index (χ1v) is 5.63. The van der Waals surface area contributed by atoms with Gasteiger partial charge in [-0.1, -0.05) is 0 Å². The topological polar surface area (TPSA) is 81.1 Å². The molecule has 2 aromatic rings. The van der Waals surface area contributed by atoms with E-state index in [0.29, 0.717) is 6.54 Å². The van der Waals surface area contributed by atoms with Crippen LogP contribution in [-0.4, -0.2) is 20.9 Å². The summed E-state index contributed by atoms with van der Waals surface area (Å²) in [5.74, 6) is -0.933. The summed E-state index contributed by atoms with van der Waals surface area (Å²) < 4.78 is 1.78. The molecule has 1 aromatic carbocycles. The second kappa shape index (κ2) is 4.62. The van der Waals surface area contributed by atoms with Crippen molar-refractivity contribution in [1.29, 1.82) is 0 Å². The highest BCUT2D eigenvalue weighted by Crippen LogP contribution is 2.17. The first-order chi connectivity index (χ1) is 8.54. The molecule has 0 atom stereocenters. The molecule has 0 aliphatic rings. The lowest BCUT2D eigenvalue weighted by molar-refractivity contribution is 0.0697. The molecule has 5 nitrogen and oxygen atoms in total. The molecule has 0 aliphatic carbocycles. The Kier molecular flexibility index (Phi) is 3.16. The molecule has 2 rings (SSSR count). The Morgan fingerprint density at radius 1 is 1.33 bits per heavy atom. The van der Waals surface area contributed by atoms with Gasteiger partial charge >= 0.3 is 5.97 Å². The number of nitrogens with two attached hydrogens (primary N) is 1. The summed E-state index contributed by atoms with van der Waals surface area (Å²) in [6.07, 6.45) is 0. The Morgan fingerprint density at radius 3 is 2.39 bits per heavy atom. The number of aryl methyl sites for hydroxylation is 1. The van der Waals surface area contributed by atoms with Crippen LogP contribution in [0.4, 0.5) is 0 Å². The van der Waals surface area contributed by atoms with Gasteiger partial charge in [-0.15, -0.1) is 0 Å². The standard InChI is InChI=1S/C13H15N3O2/c1-8-12(7-14)9(2)16(15-8)11-5-3-10(4-6-11)13(17)18/h3-6H,7,14H2,1-2H3,(H,17,18). The van der Waals surface area contributed by atoms with Crippen LogP contribution >= 0.6 is 0 Å². The zero-order valence-corrected chi connectivity index (χ0v) is 10.3. The molecule has 1 aromatic heterocycles. The molecule has 0 bridgehead atoms. The van der Waals surface area contributed by atoms with E-state index in [2.05, 4.69) is 5.10 Å². The van der Waals surface area contributed by atoms with Crippen LogP contribution in [0.25, 0.3) is 5.69 Å². The van der Waals surface area contributed by atoms with Crippen LogP contribution in [0.2, 0.25) is 0 Å². The highest BCUT2D eigenvalue weighted by atomic mass is 16.4. The highest BCUT2D eigenvalue weighted by Gasteiger charge is 2.11. The van der Waals surface area contributed by atoms with Crippen molar-refractivity contribution < 1.29 is 9.90 Å². The molecule has 18 heavy (non-hydrogen) atoms. The van der Waals surface area contributed by atoms with Gasteiger partial charge in [0.25, 0.3) is 0 Å². The summed E-state index contributed by atoms with van der Waals surface area (Å²) in [6, 6.07) is 6.61. The van der Waals surface area contributed by atoms with Gasteiger partial charge in [0.05, 0.1) is 16.9 Å². The molecule has 0 radical (unpaired) electrons. The minimum Gasteiger partial charge on any atom is -0.478 e. The molecule has 94 valence electrons. The molecule has 0 unspecified atom stereocenters. The third-order valence-corrected chi connectivity index (χ3v) is 3.00. The molecule has 0 fully saturated rings. The predicted molar refractivity (Wildman–Crippen MR) is 67.9 cm³/mol. The molecular formula is C13H15N3O2. The number of aromatic carboxylic acids is 1. The monoisotopic (exact) mass is 245 g/mol. The van der Waals surface area contributed by atoms with Crippen molar-refractivity contribution in [2.24, 2.45) is 5.73 Å². The smallest absolute Gasteiger partial charge is 0.335 e. The number of aromatic nitrogens is 2. The van der Waals surface area contributed by atoms with Gasteiger partial charge in [-0.05, 0) is 38.1 Å². The quantitative estimate of drug-likeness (QED) is 0.861. The van der Waals surface area contributed by atoms with Crippen LogP contribution in [0.5, 0.6) is 0 Å². The number of rotatable bonds is 3. The lowest BCUT2D eigenvalue weighted by Crippen LogP contribution is -2.03. The minimum atomic E-state index is -0.933. The zero-order chi connectivity index (χ0) is 13.3. The molecule has 0 saturated carbocycles. The van der Waals surface area contributed by atoms with Gasteiger partial charge in [0.1, 0.15) is 0 Å². The van der Waals surface area contributed by atoms with Crippen LogP contribution in [-0.2, 0) is 6.54 Å². The fourth-order valence-electron chi connectivity index (χ4n) is 1.97. The van der Waals surface area contributed by atoms with E-state index < -0.39 is 5.97 Å². The van der Waals surface area contributed by atoms with Gasteiger partial charge in [0, 0.05) is 17.8 Å². The Balaban J connectivity index is 2.46. The Hall–Kier alpha value is -2.14. The van der Waals surface area contributed by atoms with Crippen LogP contribution in [0.3, 0.4) is 0 Å². The third-order valence-electron chi connectivity index (χ3n) is 3.00. The molecular weight excluding hydrogens is 230 g/mol. The number of carboxylic acid groups (broad SMARTS) is 1. The van der Waals surface area contributed by atoms with E-state index in [1.54, 1.807) is 28.9 Å². The number of hydrogen-bond donors (Lipinski definition) is 2. The second-order valence-electron chi connectivity index (χ2n) is 4.12. The summed E-state index contributed by atoms with van der Waals surface area (Å²) in [5.41, 5.74) is 9.68. The normalized spacial score (nSPS) is 10.6. The van der Waals surface area contributed by atoms with E-state index >= 15 is 0 Å². The fraction of sp³-hybridized carbons (Fsp3) is 0.231. The number of nitrogens with zero attached hydrogens (tertiary/aromatic N) is 2. The largest absolute Gasteiger partial charge is 0.478 e. The molecule has 0 spiro atoms. The lowest BCUT2D eigenvalue weighted by Gasteiger charge is -2.05. The number of carbonyl (C=O) groups is 1. The van der Waals surface area contributed by atoms with Crippen molar-refractivity contribution in [1.82, 2.24) is 9.78 Å². The fourth-order valence-corrected chi connectivity index (χ4v) is 1.97. The zero-order valence-electron chi connectivity index (χ0n) is 10.3. The first-order valence-electron chi connectivity index (χ1n) is 5.63. The van der Waals surface area contributed by atoms with Crippen LogP contribution in [0, 0.1) is 13.8 Å². The van der Waals surface area contributed by atoms with Crippen molar-refractivity contribution in [3.05, 3.63) is 46.8 Å². The maximum Gasteiger partial charge on any atom is 0.335 e. The summed E-state index contributed by atoms with van der Waals surface area (Å²) in [4.78, 5) is 10.8. The lowest BCUT2D eigenvalue weighted by atomic mass is 10.2. The van der Waals surface area contributed by atoms with Crippen molar-refractivity contribution in [2.45, 2.75) is 20.4 Å². The van der Waals surface area contributed by atoms with Crippen molar-refractivity contribution in [3.8, 4) is 5.69 Å². The van der Waals surface area contributed by atoms with E-state index in [-0.39, 0.29) is 5.56 Å². The maximum absolute atomic E-state index is 10.8. The number of hydrogen-bond acceptors (Lipinski definition) is 3. The molecule has 5 heteroatoms. The van der Waals surface area contributed by atoms with Gasteiger partial charge < -0.3 is 10.8 Å². The number of carboxylic acids is 1. The molecule has 0 amide bonds. The minimum absolute atomic E-state index is 0.263. The van der Waals surface area contributed by atoms with Gasteiger partial charge in [-0.2, -0.15) is 5.10 Å².